The molecule has 1 aliphatic heterocycles. The molecule has 0 spiro atoms. The van der Waals surface area contributed by atoms with Crippen molar-refractivity contribution < 1.29 is 4.74 Å². The van der Waals surface area contributed by atoms with Crippen molar-refractivity contribution in [1.29, 1.82) is 0 Å². The number of ether oxygens (including phenoxy) is 1. The van der Waals surface area contributed by atoms with Crippen LogP contribution in [0.4, 0.5) is 11.4 Å². The van der Waals surface area contributed by atoms with Gasteiger partial charge < -0.3 is 15.8 Å². The Hall–Kier alpha value is -1.33. The van der Waals surface area contributed by atoms with E-state index in [4.69, 9.17) is 10.5 Å². The van der Waals surface area contributed by atoms with E-state index in [2.05, 4.69) is 16.4 Å². The summed E-state index contributed by atoms with van der Waals surface area (Å²) in [5.74, 6) is 0. The van der Waals surface area contributed by atoms with E-state index in [1.54, 1.807) is 11.3 Å². The standard InChI is InChI=1S/C12H15N3OS/c13-11-9(15-8-2-1-5-16-6-8)3-4-10-12(11)14-7-17-10/h3-4,7-8,15H,1-2,5-6,13H2. The Morgan fingerprint density at radius 3 is 3.24 bits per heavy atom. The third-order valence-electron chi connectivity index (χ3n) is 3.06. The molecule has 0 amide bonds. The smallest absolute Gasteiger partial charge is 0.106 e. The molecular weight excluding hydrogens is 234 g/mol. The number of anilines is 2. The molecule has 1 saturated heterocycles. The minimum atomic E-state index is 0.363. The van der Waals surface area contributed by atoms with E-state index in [1.807, 2.05) is 11.6 Å². The highest BCUT2D eigenvalue weighted by atomic mass is 32.1. The predicted molar refractivity (Wildman–Crippen MR) is 71.5 cm³/mol. The fraction of sp³-hybridized carbons (Fsp3) is 0.417. The first-order chi connectivity index (χ1) is 8.34. The molecule has 17 heavy (non-hydrogen) atoms. The molecule has 3 N–H and O–H groups in total. The van der Waals surface area contributed by atoms with Crippen molar-refractivity contribution in [2.75, 3.05) is 24.3 Å². The quantitative estimate of drug-likeness (QED) is 0.803. The summed E-state index contributed by atoms with van der Waals surface area (Å²) in [5.41, 5.74) is 10.6. The second kappa shape index (κ2) is 4.50. The second-order valence-electron chi connectivity index (χ2n) is 4.28. The lowest BCUT2D eigenvalue weighted by Crippen LogP contribution is -2.30. The van der Waals surface area contributed by atoms with Crippen LogP contribution in [-0.4, -0.2) is 24.2 Å². The van der Waals surface area contributed by atoms with E-state index in [0.717, 1.165) is 47.6 Å². The lowest BCUT2D eigenvalue weighted by Gasteiger charge is -2.24. The van der Waals surface area contributed by atoms with Gasteiger partial charge in [0.15, 0.2) is 0 Å². The van der Waals surface area contributed by atoms with Crippen LogP contribution in [0.2, 0.25) is 0 Å². The van der Waals surface area contributed by atoms with Crippen molar-refractivity contribution in [2.24, 2.45) is 0 Å². The molecule has 1 unspecified atom stereocenters. The Labute approximate surface area is 104 Å². The maximum Gasteiger partial charge on any atom is 0.106 e. The van der Waals surface area contributed by atoms with Gasteiger partial charge in [-0.1, -0.05) is 0 Å². The zero-order valence-electron chi connectivity index (χ0n) is 9.48. The first kappa shape index (κ1) is 10.8. The summed E-state index contributed by atoms with van der Waals surface area (Å²) in [6, 6.07) is 4.46. The van der Waals surface area contributed by atoms with Crippen molar-refractivity contribution in [3.05, 3.63) is 17.6 Å². The van der Waals surface area contributed by atoms with Gasteiger partial charge in [0.25, 0.3) is 0 Å². The van der Waals surface area contributed by atoms with Crippen LogP contribution in [0.5, 0.6) is 0 Å². The molecule has 4 nitrogen and oxygen atoms in total. The van der Waals surface area contributed by atoms with Crippen LogP contribution >= 0.6 is 11.3 Å². The number of nitrogens with two attached hydrogens (primary N) is 1. The number of nitrogens with one attached hydrogen (secondary N) is 1. The van der Waals surface area contributed by atoms with Gasteiger partial charge in [0, 0.05) is 12.6 Å². The van der Waals surface area contributed by atoms with Gasteiger partial charge in [0.2, 0.25) is 0 Å². The van der Waals surface area contributed by atoms with Crippen LogP contribution in [0.15, 0.2) is 17.6 Å². The first-order valence-corrected chi connectivity index (χ1v) is 6.68. The number of benzene rings is 1. The molecule has 0 saturated carbocycles. The fourth-order valence-corrected chi connectivity index (χ4v) is 2.85. The molecular formula is C12H15N3OS. The molecule has 1 aromatic heterocycles. The van der Waals surface area contributed by atoms with Crippen LogP contribution in [0.3, 0.4) is 0 Å². The van der Waals surface area contributed by atoms with E-state index in [1.165, 1.54) is 0 Å². The number of fused-ring (bicyclic) bond motifs is 1. The molecule has 2 heterocycles. The van der Waals surface area contributed by atoms with Crippen LogP contribution in [0.25, 0.3) is 10.2 Å². The van der Waals surface area contributed by atoms with Gasteiger partial charge in [0.1, 0.15) is 5.52 Å². The molecule has 0 aliphatic carbocycles. The van der Waals surface area contributed by atoms with E-state index in [9.17, 15) is 0 Å². The van der Waals surface area contributed by atoms with Crippen molar-refractivity contribution >= 4 is 32.9 Å². The molecule has 0 bridgehead atoms. The summed E-state index contributed by atoms with van der Waals surface area (Å²) in [4.78, 5) is 4.29. The highest BCUT2D eigenvalue weighted by Gasteiger charge is 2.15. The molecule has 5 heteroatoms. The minimum Gasteiger partial charge on any atom is -0.395 e. The molecule has 1 aromatic carbocycles. The van der Waals surface area contributed by atoms with Gasteiger partial charge in [-0.15, -0.1) is 11.3 Å². The topological polar surface area (TPSA) is 60.2 Å². The molecule has 0 radical (unpaired) electrons. The van der Waals surface area contributed by atoms with Gasteiger partial charge in [0.05, 0.1) is 28.2 Å². The number of hydrogen-bond acceptors (Lipinski definition) is 5. The highest BCUT2D eigenvalue weighted by molar-refractivity contribution is 7.16. The predicted octanol–water partition coefficient (Wildman–Crippen LogP) is 2.47. The number of rotatable bonds is 2. The maximum absolute atomic E-state index is 6.12. The lowest BCUT2D eigenvalue weighted by atomic mass is 10.1. The Balaban J connectivity index is 1.86. The third-order valence-corrected chi connectivity index (χ3v) is 3.86. The SMILES string of the molecule is Nc1c(NC2CCCOC2)ccc2scnc12. The van der Waals surface area contributed by atoms with Gasteiger partial charge in [-0.25, -0.2) is 4.98 Å². The van der Waals surface area contributed by atoms with E-state index < -0.39 is 0 Å². The highest BCUT2D eigenvalue weighted by Crippen LogP contribution is 2.30. The molecule has 1 fully saturated rings. The van der Waals surface area contributed by atoms with Crippen molar-refractivity contribution in [1.82, 2.24) is 4.98 Å². The van der Waals surface area contributed by atoms with E-state index >= 15 is 0 Å². The summed E-state index contributed by atoms with van der Waals surface area (Å²) < 4.78 is 6.58. The number of nitrogen functional groups attached to an aromatic ring is 1. The third kappa shape index (κ3) is 2.08. The van der Waals surface area contributed by atoms with E-state index in [-0.39, 0.29) is 0 Å². The van der Waals surface area contributed by atoms with Crippen LogP contribution in [0.1, 0.15) is 12.8 Å². The molecule has 90 valence electrons. The van der Waals surface area contributed by atoms with Crippen molar-refractivity contribution in [3.8, 4) is 0 Å². The van der Waals surface area contributed by atoms with Gasteiger partial charge in [-0.2, -0.15) is 0 Å². The summed E-state index contributed by atoms with van der Waals surface area (Å²) >= 11 is 1.61. The van der Waals surface area contributed by atoms with Crippen molar-refractivity contribution in [3.63, 3.8) is 0 Å². The largest absolute Gasteiger partial charge is 0.395 e. The zero-order chi connectivity index (χ0) is 11.7. The zero-order valence-corrected chi connectivity index (χ0v) is 10.3. The lowest BCUT2D eigenvalue weighted by molar-refractivity contribution is 0.0876. The monoisotopic (exact) mass is 249 g/mol. The van der Waals surface area contributed by atoms with Crippen LogP contribution in [-0.2, 0) is 4.74 Å². The summed E-state index contributed by atoms with van der Waals surface area (Å²) in [7, 11) is 0. The molecule has 2 aromatic rings. The first-order valence-electron chi connectivity index (χ1n) is 5.80. The Morgan fingerprint density at radius 1 is 1.47 bits per heavy atom. The Bertz CT molecular complexity index is 519. The minimum absolute atomic E-state index is 0.363. The average molecular weight is 249 g/mol. The Morgan fingerprint density at radius 2 is 2.41 bits per heavy atom. The molecule has 1 aliphatic rings. The Kier molecular flexibility index (Phi) is 2.86. The average Bonchev–Trinajstić information content (AvgIpc) is 2.83. The number of nitrogens with zero attached hydrogens (tertiary/aromatic N) is 1. The van der Waals surface area contributed by atoms with E-state index in [0.29, 0.717) is 6.04 Å². The normalized spacial score (nSPS) is 20.6. The second-order valence-corrected chi connectivity index (χ2v) is 5.17. The fourth-order valence-electron chi connectivity index (χ4n) is 2.15. The summed E-state index contributed by atoms with van der Waals surface area (Å²) in [6.07, 6.45) is 2.24. The van der Waals surface area contributed by atoms with Gasteiger partial charge in [-0.05, 0) is 25.0 Å². The molecule has 3 rings (SSSR count). The number of hydrogen-bond donors (Lipinski definition) is 2. The number of thiazole rings is 1. The van der Waals surface area contributed by atoms with Gasteiger partial charge in [-0.3, -0.25) is 0 Å². The van der Waals surface area contributed by atoms with Crippen molar-refractivity contribution in [2.45, 2.75) is 18.9 Å². The maximum atomic E-state index is 6.12. The van der Waals surface area contributed by atoms with Crippen LogP contribution < -0.4 is 11.1 Å². The van der Waals surface area contributed by atoms with Gasteiger partial charge >= 0.3 is 0 Å². The summed E-state index contributed by atoms with van der Waals surface area (Å²) in [5, 5.41) is 3.45. The molecule has 1 atom stereocenters. The summed E-state index contributed by atoms with van der Waals surface area (Å²) in [6.45, 7) is 1.63. The van der Waals surface area contributed by atoms with Crippen LogP contribution in [0, 0.1) is 0 Å². The number of aromatic nitrogens is 1.